The van der Waals surface area contributed by atoms with Gasteiger partial charge in [0.25, 0.3) is 0 Å². The van der Waals surface area contributed by atoms with Gasteiger partial charge in [-0.1, -0.05) is 49.6 Å². The summed E-state index contributed by atoms with van der Waals surface area (Å²) < 4.78 is 28.3. The largest absolute Gasteiger partial charge is 0.445 e. The van der Waals surface area contributed by atoms with Crippen molar-refractivity contribution < 1.29 is 17.9 Å². The van der Waals surface area contributed by atoms with Crippen molar-refractivity contribution in [1.29, 1.82) is 0 Å². The molecule has 1 aliphatic heterocycles. The second-order valence-electron chi connectivity index (χ2n) is 6.77. The van der Waals surface area contributed by atoms with Gasteiger partial charge in [-0.2, -0.15) is 0 Å². The lowest BCUT2D eigenvalue weighted by molar-refractivity contribution is 0.0998. The molecule has 2 fully saturated rings. The molecule has 5 nitrogen and oxygen atoms in total. The first kappa shape index (κ1) is 17.5. The quantitative estimate of drug-likeness (QED) is 0.745. The molecule has 1 amide bonds. The zero-order valence-corrected chi connectivity index (χ0v) is 15.0. The van der Waals surface area contributed by atoms with Crippen LogP contribution in [0.4, 0.5) is 4.79 Å². The van der Waals surface area contributed by atoms with Gasteiger partial charge in [0.05, 0.1) is 5.75 Å². The SMILES string of the molecule is O=C(OCc1ccccc1)N1CC(CS(=O)(=O)Cl)C(C2CCC2)C1. The van der Waals surface area contributed by atoms with Crippen LogP contribution in [0.15, 0.2) is 30.3 Å². The second kappa shape index (κ2) is 7.31. The molecular weight excluding hydrogens is 350 g/mol. The molecule has 1 aromatic rings. The van der Waals surface area contributed by atoms with E-state index in [-0.39, 0.29) is 30.3 Å². The van der Waals surface area contributed by atoms with Crippen molar-refractivity contribution in [2.75, 3.05) is 18.8 Å². The maximum Gasteiger partial charge on any atom is 0.410 e. The molecule has 1 aromatic carbocycles. The van der Waals surface area contributed by atoms with E-state index in [4.69, 9.17) is 15.4 Å². The maximum atomic E-state index is 12.3. The smallest absolute Gasteiger partial charge is 0.410 e. The van der Waals surface area contributed by atoms with Crippen LogP contribution >= 0.6 is 10.7 Å². The van der Waals surface area contributed by atoms with Crippen LogP contribution in [0.2, 0.25) is 0 Å². The van der Waals surface area contributed by atoms with Gasteiger partial charge >= 0.3 is 6.09 Å². The number of rotatable bonds is 5. The number of nitrogens with zero attached hydrogens (tertiary/aromatic N) is 1. The summed E-state index contributed by atoms with van der Waals surface area (Å²) in [5.74, 6) is 0.539. The maximum absolute atomic E-state index is 12.3. The van der Waals surface area contributed by atoms with E-state index in [2.05, 4.69) is 0 Å². The lowest BCUT2D eigenvalue weighted by Crippen LogP contribution is -2.31. The molecule has 7 heteroatoms. The van der Waals surface area contributed by atoms with Crippen LogP contribution < -0.4 is 0 Å². The standard InChI is InChI=1S/C17H22ClNO4S/c18-24(21,22)12-15-9-19(10-16(15)14-7-4-8-14)17(20)23-11-13-5-2-1-3-6-13/h1-3,5-6,14-16H,4,7-12H2. The fourth-order valence-electron chi connectivity index (χ4n) is 3.69. The van der Waals surface area contributed by atoms with E-state index >= 15 is 0 Å². The highest BCUT2D eigenvalue weighted by Gasteiger charge is 2.43. The Hall–Kier alpha value is -1.27. The first-order valence-corrected chi connectivity index (χ1v) is 10.8. The van der Waals surface area contributed by atoms with Gasteiger partial charge in [-0.05, 0) is 23.3 Å². The fourth-order valence-corrected chi connectivity index (χ4v) is 5.04. The van der Waals surface area contributed by atoms with E-state index in [9.17, 15) is 13.2 Å². The molecule has 2 unspecified atom stereocenters. The summed E-state index contributed by atoms with van der Waals surface area (Å²) >= 11 is 0. The zero-order valence-electron chi connectivity index (χ0n) is 13.4. The third-order valence-corrected chi connectivity index (χ3v) is 6.33. The molecule has 2 aliphatic rings. The minimum absolute atomic E-state index is 0.0712. The Balaban J connectivity index is 1.60. The highest BCUT2D eigenvalue weighted by molar-refractivity contribution is 8.13. The number of carbonyl (C=O) groups excluding carboxylic acids is 1. The fraction of sp³-hybridized carbons (Fsp3) is 0.588. The van der Waals surface area contributed by atoms with Gasteiger partial charge in [-0.3, -0.25) is 0 Å². The van der Waals surface area contributed by atoms with Crippen LogP contribution in [-0.4, -0.2) is 38.3 Å². The normalized spacial score (nSPS) is 24.6. The first-order valence-electron chi connectivity index (χ1n) is 8.30. The first-order chi connectivity index (χ1) is 11.4. The number of hydrogen-bond donors (Lipinski definition) is 0. The Morgan fingerprint density at radius 2 is 1.92 bits per heavy atom. The van der Waals surface area contributed by atoms with Gasteiger partial charge in [-0.15, -0.1) is 0 Å². The van der Waals surface area contributed by atoms with Crippen LogP contribution in [-0.2, 0) is 20.4 Å². The van der Waals surface area contributed by atoms with E-state index in [1.54, 1.807) is 4.90 Å². The summed E-state index contributed by atoms with van der Waals surface area (Å²) in [6, 6.07) is 9.50. The second-order valence-corrected chi connectivity index (χ2v) is 9.59. The highest BCUT2D eigenvalue weighted by atomic mass is 35.7. The summed E-state index contributed by atoms with van der Waals surface area (Å²) in [5, 5.41) is 0. The third kappa shape index (κ3) is 4.42. The number of halogens is 1. The third-order valence-electron chi connectivity index (χ3n) is 5.12. The highest BCUT2D eigenvalue weighted by Crippen LogP contribution is 2.41. The summed E-state index contributed by atoms with van der Waals surface area (Å²) in [7, 11) is 1.88. The monoisotopic (exact) mass is 371 g/mol. The molecule has 0 aromatic heterocycles. The molecule has 1 aliphatic carbocycles. The van der Waals surface area contributed by atoms with Crippen LogP contribution in [0.1, 0.15) is 24.8 Å². The summed E-state index contributed by atoms with van der Waals surface area (Å²) in [4.78, 5) is 14.0. The van der Waals surface area contributed by atoms with Crippen molar-refractivity contribution >= 4 is 25.8 Å². The minimum atomic E-state index is -3.57. The van der Waals surface area contributed by atoms with Crippen molar-refractivity contribution in [2.24, 2.45) is 17.8 Å². The number of hydrogen-bond acceptors (Lipinski definition) is 4. The number of amides is 1. The number of carbonyl (C=O) groups is 1. The van der Waals surface area contributed by atoms with Crippen molar-refractivity contribution in [3.8, 4) is 0 Å². The van der Waals surface area contributed by atoms with Gasteiger partial charge in [0.2, 0.25) is 9.05 Å². The average Bonchev–Trinajstić information content (AvgIpc) is 2.86. The van der Waals surface area contributed by atoms with Gasteiger partial charge in [0.1, 0.15) is 6.61 Å². The van der Waals surface area contributed by atoms with E-state index in [0.717, 1.165) is 18.4 Å². The van der Waals surface area contributed by atoms with Crippen molar-refractivity contribution in [3.63, 3.8) is 0 Å². The molecule has 0 spiro atoms. The molecule has 2 atom stereocenters. The van der Waals surface area contributed by atoms with Crippen LogP contribution in [0.3, 0.4) is 0 Å². The predicted molar refractivity (Wildman–Crippen MR) is 92.2 cm³/mol. The molecule has 0 N–H and O–H groups in total. The van der Waals surface area contributed by atoms with Crippen LogP contribution in [0.5, 0.6) is 0 Å². The van der Waals surface area contributed by atoms with Gasteiger partial charge in [0, 0.05) is 23.8 Å². The van der Waals surface area contributed by atoms with E-state index in [1.165, 1.54) is 6.42 Å². The van der Waals surface area contributed by atoms with E-state index in [1.807, 2.05) is 30.3 Å². The summed E-state index contributed by atoms with van der Waals surface area (Å²) in [5.41, 5.74) is 0.931. The number of likely N-dealkylation sites (tertiary alicyclic amines) is 1. The molecule has 132 valence electrons. The predicted octanol–water partition coefficient (Wildman–Crippen LogP) is 3.24. The minimum Gasteiger partial charge on any atom is -0.445 e. The Kier molecular flexibility index (Phi) is 5.35. The van der Waals surface area contributed by atoms with Crippen molar-refractivity contribution in [1.82, 2.24) is 4.90 Å². The Labute approximate surface area is 147 Å². The van der Waals surface area contributed by atoms with Gasteiger partial charge in [0.15, 0.2) is 0 Å². The topological polar surface area (TPSA) is 63.7 Å². The molecular formula is C17H22ClNO4S. The summed E-state index contributed by atoms with van der Waals surface area (Å²) in [6.07, 6.45) is 3.02. The zero-order chi connectivity index (χ0) is 17.2. The lowest BCUT2D eigenvalue weighted by atomic mass is 9.72. The molecule has 1 heterocycles. The van der Waals surface area contributed by atoms with Crippen LogP contribution in [0.25, 0.3) is 0 Å². The Morgan fingerprint density at radius 1 is 1.21 bits per heavy atom. The molecule has 0 radical (unpaired) electrons. The molecule has 1 saturated heterocycles. The van der Waals surface area contributed by atoms with Crippen LogP contribution in [0, 0.1) is 17.8 Å². The Bertz CT molecular complexity index is 675. The molecule has 0 bridgehead atoms. The van der Waals surface area contributed by atoms with Gasteiger partial charge in [-0.25, -0.2) is 13.2 Å². The number of ether oxygens (including phenoxy) is 1. The molecule has 1 saturated carbocycles. The van der Waals surface area contributed by atoms with E-state index < -0.39 is 9.05 Å². The average molecular weight is 372 g/mol. The lowest BCUT2D eigenvalue weighted by Gasteiger charge is -2.33. The summed E-state index contributed by atoms with van der Waals surface area (Å²) in [6.45, 7) is 1.19. The van der Waals surface area contributed by atoms with Crippen molar-refractivity contribution in [2.45, 2.75) is 25.9 Å². The molecule has 3 rings (SSSR count). The van der Waals surface area contributed by atoms with Gasteiger partial charge < -0.3 is 9.64 Å². The number of benzene rings is 1. The van der Waals surface area contributed by atoms with Crippen molar-refractivity contribution in [3.05, 3.63) is 35.9 Å². The van der Waals surface area contributed by atoms with E-state index in [0.29, 0.717) is 19.0 Å². The Morgan fingerprint density at radius 3 is 2.50 bits per heavy atom. The molecule has 24 heavy (non-hydrogen) atoms.